The number of rotatable bonds is 7. The average molecular weight is 451 g/mol. The first-order chi connectivity index (χ1) is 15.5. The lowest BCUT2D eigenvalue weighted by Gasteiger charge is -2.28. The van der Waals surface area contributed by atoms with E-state index in [2.05, 4.69) is 33.9 Å². The third-order valence-corrected chi connectivity index (χ3v) is 5.89. The van der Waals surface area contributed by atoms with E-state index in [0.29, 0.717) is 11.7 Å². The number of ether oxygens (including phenoxy) is 2. The number of methoxy groups -OCH3 is 1. The van der Waals surface area contributed by atoms with Crippen molar-refractivity contribution >= 4 is 23.3 Å². The number of thiocarbonyl (C=S) groups is 1. The highest BCUT2D eigenvalue weighted by Crippen LogP contribution is 2.40. The number of aromatic nitrogens is 2. The van der Waals surface area contributed by atoms with Crippen molar-refractivity contribution in [3.8, 4) is 11.4 Å². The van der Waals surface area contributed by atoms with Gasteiger partial charge in [-0.25, -0.2) is 0 Å². The largest absolute Gasteiger partial charge is 0.497 e. The lowest BCUT2D eigenvalue weighted by atomic mass is 10.0. The van der Waals surface area contributed by atoms with Gasteiger partial charge in [0.1, 0.15) is 12.3 Å². The molecule has 1 saturated heterocycles. The van der Waals surface area contributed by atoms with E-state index in [9.17, 15) is 4.79 Å². The molecule has 0 radical (unpaired) electrons. The monoisotopic (exact) mass is 450 g/mol. The van der Waals surface area contributed by atoms with Crippen LogP contribution in [0, 0.1) is 6.92 Å². The number of hydrogen-bond acceptors (Lipinski definition) is 5. The van der Waals surface area contributed by atoms with E-state index in [1.54, 1.807) is 20.2 Å². The summed E-state index contributed by atoms with van der Waals surface area (Å²) in [5, 5.41) is 3.88. The van der Waals surface area contributed by atoms with Crippen LogP contribution in [0.1, 0.15) is 36.1 Å². The summed E-state index contributed by atoms with van der Waals surface area (Å²) in [6.07, 6.45) is 1.76. The Morgan fingerprint density at radius 2 is 1.94 bits per heavy atom. The lowest BCUT2D eigenvalue weighted by Crippen LogP contribution is -2.36. The maximum absolute atomic E-state index is 12.4. The Labute approximate surface area is 193 Å². The third-order valence-electron chi connectivity index (χ3n) is 5.54. The van der Waals surface area contributed by atoms with E-state index in [1.165, 1.54) is 0 Å². The highest BCUT2D eigenvalue weighted by molar-refractivity contribution is 7.80. The van der Waals surface area contributed by atoms with Gasteiger partial charge in [0.05, 0.1) is 31.5 Å². The van der Waals surface area contributed by atoms with Crippen LogP contribution in [-0.4, -0.2) is 45.8 Å². The molecule has 0 saturated carbocycles. The highest BCUT2D eigenvalue weighted by Gasteiger charge is 2.42. The first-order valence-corrected chi connectivity index (χ1v) is 10.9. The Morgan fingerprint density at radius 1 is 1.16 bits per heavy atom. The van der Waals surface area contributed by atoms with E-state index in [0.717, 1.165) is 28.5 Å². The van der Waals surface area contributed by atoms with Gasteiger partial charge in [-0.3, -0.25) is 9.78 Å². The Kier molecular flexibility index (Phi) is 6.41. The van der Waals surface area contributed by atoms with Crippen LogP contribution in [0.25, 0.3) is 5.69 Å². The number of carbonyl (C=O) groups excluding carboxylic acids is 1. The minimum atomic E-state index is -0.317. The maximum atomic E-state index is 12.4. The van der Waals surface area contributed by atoms with Crippen LogP contribution < -0.4 is 10.1 Å². The van der Waals surface area contributed by atoms with Crippen molar-refractivity contribution in [2.75, 3.05) is 20.3 Å². The van der Waals surface area contributed by atoms with Gasteiger partial charge in [0.15, 0.2) is 5.11 Å². The number of esters is 1. The zero-order valence-corrected chi connectivity index (χ0v) is 19.1. The van der Waals surface area contributed by atoms with Crippen molar-refractivity contribution in [1.82, 2.24) is 19.8 Å². The van der Waals surface area contributed by atoms with Gasteiger partial charge in [0, 0.05) is 23.3 Å². The van der Waals surface area contributed by atoms with Gasteiger partial charge < -0.3 is 24.3 Å². The van der Waals surface area contributed by atoms with E-state index in [1.807, 2.05) is 47.4 Å². The molecule has 1 aromatic carbocycles. The molecule has 0 spiro atoms. The second-order valence-electron chi connectivity index (χ2n) is 7.49. The molecule has 0 bridgehead atoms. The summed E-state index contributed by atoms with van der Waals surface area (Å²) < 4.78 is 12.7. The fourth-order valence-electron chi connectivity index (χ4n) is 4.12. The highest BCUT2D eigenvalue weighted by atomic mass is 32.1. The molecule has 3 aromatic rings. The molecule has 2 aromatic heterocycles. The number of nitrogens with zero attached hydrogens (tertiary/aromatic N) is 3. The lowest BCUT2D eigenvalue weighted by molar-refractivity contribution is -0.143. The fraction of sp³-hybridized carbons (Fsp3) is 0.292. The minimum Gasteiger partial charge on any atom is -0.497 e. The first kappa shape index (κ1) is 21.8. The van der Waals surface area contributed by atoms with Gasteiger partial charge in [-0.15, -0.1) is 0 Å². The van der Waals surface area contributed by atoms with Gasteiger partial charge >= 0.3 is 5.97 Å². The molecule has 8 heteroatoms. The van der Waals surface area contributed by atoms with Gasteiger partial charge in [0.2, 0.25) is 0 Å². The zero-order valence-electron chi connectivity index (χ0n) is 18.3. The van der Waals surface area contributed by atoms with Gasteiger partial charge in [0.25, 0.3) is 0 Å². The molecule has 1 fully saturated rings. The summed E-state index contributed by atoms with van der Waals surface area (Å²) >= 11 is 5.65. The second-order valence-corrected chi connectivity index (χ2v) is 7.88. The van der Waals surface area contributed by atoms with Crippen molar-refractivity contribution < 1.29 is 14.3 Å². The summed E-state index contributed by atoms with van der Waals surface area (Å²) in [4.78, 5) is 18.9. The standard InChI is InChI=1S/C24H26N4O3S/c1-4-31-21(29)15-27-23(22(26-24(27)32)19-7-5-6-14-25-19)20-13-8-16(2)28(20)17-9-11-18(30-3)12-10-17/h5-14,22-23H,4,15H2,1-3H3,(H,26,32)/t22-,23-/m1/s1. The predicted octanol–water partition coefficient (Wildman–Crippen LogP) is 3.72. The van der Waals surface area contributed by atoms with Crippen molar-refractivity contribution in [1.29, 1.82) is 0 Å². The normalized spacial score (nSPS) is 17.8. The Hall–Kier alpha value is -3.39. The van der Waals surface area contributed by atoms with Gasteiger partial charge in [-0.2, -0.15) is 0 Å². The number of aryl methyl sites for hydroxylation is 1. The molecule has 7 nitrogen and oxygen atoms in total. The molecule has 1 aliphatic rings. The van der Waals surface area contributed by atoms with Gasteiger partial charge in [-0.1, -0.05) is 6.07 Å². The van der Waals surface area contributed by atoms with Crippen molar-refractivity contribution in [2.24, 2.45) is 0 Å². The molecule has 0 aliphatic carbocycles. The molecular weight excluding hydrogens is 424 g/mol. The van der Waals surface area contributed by atoms with Gasteiger partial charge in [-0.05, 0) is 74.6 Å². The smallest absolute Gasteiger partial charge is 0.325 e. The molecular formula is C24H26N4O3S. The van der Waals surface area contributed by atoms with E-state index in [-0.39, 0.29) is 24.6 Å². The van der Waals surface area contributed by atoms with Crippen LogP contribution in [0.4, 0.5) is 0 Å². The summed E-state index contributed by atoms with van der Waals surface area (Å²) in [5.74, 6) is 0.474. The van der Waals surface area contributed by atoms with Crippen LogP contribution in [0.3, 0.4) is 0 Å². The number of carbonyl (C=O) groups is 1. The van der Waals surface area contributed by atoms with Crippen molar-refractivity contribution in [2.45, 2.75) is 25.9 Å². The first-order valence-electron chi connectivity index (χ1n) is 10.5. The van der Waals surface area contributed by atoms with E-state index < -0.39 is 0 Å². The fourth-order valence-corrected chi connectivity index (χ4v) is 4.42. The average Bonchev–Trinajstić information content (AvgIpc) is 3.34. The number of pyridine rings is 1. The van der Waals surface area contributed by atoms with E-state index in [4.69, 9.17) is 21.7 Å². The quantitative estimate of drug-likeness (QED) is 0.435. The number of nitrogens with one attached hydrogen (secondary N) is 1. The van der Waals surface area contributed by atoms with E-state index >= 15 is 0 Å². The summed E-state index contributed by atoms with van der Waals surface area (Å²) in [5.41, 5.74) is 3.92. The van der Waals surface area contributed by atoms with Crippen molar-refractivity contribution in [3.05, 3.63) is 77.9 Å². The summed E-state index contributed by atoms with van der Waals surface area (Å²) in [6.45, 7) is 4.23. The summed E-state index contributed by atoms with van der Waals surface area (Å²) in [6, 6.07) is 17.4. The van der Waals surface area contributed by atoms with Crippen LogP contribution in [0.5, 0.6) is 5.75 Å². The topological polar surface area (TPSA) is 68.6 Å². The van der Waals surface area contributed by atoms with Crippen LogP contribution in [0.15, 0.2) is 60.8 Å². The Bertz CT molecular complexity index is 1100. The van der Waals surface area contributed by atoms with Crippen LogP contribution in [-0.2, 0) is 9.53 Å². The minimum absolute atomic E-state index is 0.0561. The molecule has 2 atom stereocenters. The SMILES string of the molecule is CCOC(=O)CN1C(=S)N[C@H](c2ccccn2)[C@H]1c1ccc(C)n1-c1ccc(OC)cc1. The molecule has 0 unspecified atom stereocenters. The molecule has 166 valence electrons. The second kappa shape index (κ2) is 9.40. The number of benzene rings is 1. The molecule has 0 amide bonds. The molecule has 3 heterocycles. The maximum Gasteiger partial charge on any atom is 0.325 e. The zero-order chi connectivity index (χ0) is 22.7. The molecule has 4 rings (SSSR count). The predicted molar refractivity (Wildman–Crippen MR) is 126 cm³/mol. The molecule has 1 N–H and O–H groups in total. The third kappa shape index (κ3) is 4.18. The van der Waals surface area contributed by atoms with Crippen molar-refractivity contribution in [3.63, 3.8) is 0 Å². The summed E-state index contributed by atoms with van der Waals surface area (Å²) in [7, 11) is 1.65. The molecule has 32 heavy (non-hydrogen) atoms. The van der Waals surface area contributed by atoms with Crippen LogP contribution >= 0.6 is 12.2 Å². The Morgan fingerprint density at radius 3 is 2.59 bits per heavy atom. The number of hydrogen-bond donors (Lipinski definition) is 1. The van der Waals surface area contributed by atoms with Crippen LogP contribution in [0.2, 0.25) is 0 Å². The Balaban J connectivity index is 1.80. The molecule has 1 aliphatic heterocycles.